The van der Waals surface area contributed by atoms with E-state index in [0.29, 0.717) is 12.2 Å². The smallest absolute Gasteiger partial charge is 0.240 e. The first-order chi connectivity index (χ1) is 14.1. The van der Waals surface area contributed by atoms with Gasteiger partial charge in [-0.25, -0.2) is 9.69 Å². The van der Waals surface area contributed by atoms with E-state index in [4.69, 9.17) is 9.47 Å². The second kappa shape index (κ2) is 6.77. The number of rotatable bonds is 3. The maximum atomic E-state index is 12.4. The number of amides is 1. The summed E-state index contributed by atoms with van der Waals surface area (Å²) >= 11 is 0. The molecular weight excluding hydrogens is 368 g/mol. The van der Waals surface area contributed by atoms with Crippen LogP contribution in [-0.4, -0.2) is 33.2 Å². The number of fused-ring (bicyclic) bond motifs is 1. The highest BCUT2D eigenvalue weighted by Gasteiger charge is 2.35. The summed E-state index contributed by atoms with van der Waals surface area (Å²) in [6, 6.07) is 15.5. The molecule has 1 aromatic heterocycles. The number of benzene rings is 2. The molecule has 1 atom stereocenters. The van der Waals surface area contributed by atoms with Gasteiger partial charge in [0, 0.05) is 18.9 Å². The first-order valence-electron chi connectivity index (χ1n) is 9.49. The van der Waals surface area contributed by atoms with Crippen molar-refractivity contribution in [2.24, 2.45) is 5.10 Å². The minimum absolute atomic E-state index is 0.106. The zero-order chi connectivity index (χ0) is 20.0. The van der Waals surface area contributed by atoms with Gasteiger partial charge in [-0.1, -0.05) is 18.2 Å². The number of hydrogen-bond donors (Lipinski definition) is 0. The van der Waals surface area contributed by atoms with Crippen LogP contribution in [0.5, 0.6) is 11.5 Å². The molecule has 29 heavy (non-hydrogen) atoms. The molecule has 1 amide bonds. The number of carbonyl (C=O) groups excluding carboxylic acids is 1. The molecule has 0 unspecified atom stereocenters. The van der Waals surface area contributed by atoms with Gasteiger partial charge in [0.2, 0.25) is 12.7 Å². The zero-order valence-electron chi connectivity index (χ0n) is 16.2. The van der Waals surface area contributed by atoms with E-state index < -0.39 is 0 Å². The van der Waals surface area contributed by atoms with E-state index in [2.05, 4.69) is 10.2 Å². The third kappa shape index (κ3) is 2.95. The Labute approximate surface area is 168 Å². The van der Waals surface area contributed by atoms with Gasteiger partial charge >= 0.3 is 0 Å². The van der Waals surface area contributed by atoms with Crippen LogP contribution < -0.4 is 9.47 Å². The quantitative estimate of drug-likeness (QED) is 0.687. The molecule has 7 heteroatoms. The second-order valence-corrected chi connectivity index (χ2v) is 7.16. The Balaban J connectivity index is 1.54. The Morgan fingerprint density at radius 3 is 2.69 bits per heavy atom. The summed E-state index contributed by atoms with van der Waals surface area (Å²) in [5.41, 5.74) is 4.70. The molecule has 2 aliphatic heterocycles. The fourth-order valence-corrected chi connectivity index (χ4v) is 3.88. The normalized spacial score (nSPS) is 17.5. The number of aryl methyl sites for hydroxylation is 1. The Morgan fingerprint density at radius 1 is 1.10 bits per heavy atom. The van der Waals surface area contributed by atoms with Crippen molar-refractivity contribution in [2.75, 3.05) is 6.79 Å². The van der Waals surface area contributed by atoms with E-state index in [-0.39, 0.29) is 18.7 Å². The number of hydrogen-bond acceptors (Lipinski definition) is 5. The molecule has 5 rings (SSSR count). The van der Waals surface area contributed by atoms with Crippen LogP contribution in [-0.2, 0) is 4.79 Å². The number of ether oxygens (including phenoxy) is 2. The van der Waals surface area contributed by atoms with Gasteiger partial charge in [-0.3, -0.25) is 4.79 Å². The van der Waals surface area contributed by atoms with Crippen LogP contribution in [0.3, 0.4) is 0 Å². The second-order valence-electron chi connectivity index (χ2n) is 7.16. The largest absolute Gasteiger partial charge is 0.454 e. The van der Waals surface area contributed by atoms with Crippen molar-refractivity contribution >= 4 is 11.6 Å². The molecule has 0 aliphatic carbocycles. The molecule has 0 saturated heterocycles. The minimum atomic E-state index is -0.226. The van der Waals surface area contributed by atoms with Crippen molar-refractivity contribution in [3.63, 3.8) is 0 Å². The highest BCUT2D eigenvalue weighted by molar-refractivity contribution is 6.03. The summed E-state index contributed by atoms with van der Waals surface area (Å²) < 4.78 is 12.8. The van der Waals surface area contributed by atoms with Crippen molar-refractivity contribution in [1.82, 2.24) is 14.8 Å². The minimum Gasteiger partial charge on any atom is -0.454 e. The maximum Gasteiger partial charge on any atom is 0.240 e. The summed E-state index contributed by atoms with van der Waals surface area (Å²) in [5, 5.41) is 10.8. The lowest BCUT2D eigenvalue weighted by Gasteiger charge is -2.22. The SMILES string of the molecule is CC(=O)N1N=C(c2ccc3c(c2)OCO3)C[C@@H]1c1c(C)cnn1-c1ccccc1. The third-order valence-corrected chi connectivity index (χ3v) is 5.25. The maximum absolute atomic E-state index is 12.4. The highest BCUT2D eigenvalue weighted by Crippen LogP contribution is 2.38. The lowest BCUT2D eigenvalue weighted by molar-refractivity contribution is -0.130. The molecule has 7 nitrogen and oxygen atoms in total. The van der Waals surface area contributed by atoms with Gasteiger partial charge < -0.3 is 9.47 Å². The average molecular weight is 388 g/mol. The van der Waals surface area contributed by atoms with Gasteiger partial charge in [-0.15, -0.1) is 0 Å². The summed E-state index contributed by atoms with van der Waals surface area (Å²) in [6.45, 7) is 3.78. The van der Waals surface area contributed by atoms with Gasteiger partial charge in [-0.2, -0.15) is 10.2 Å². The van der Waals surface area contributed by atoms with Crippen molar-refractivity contribution in [2.45, 2.75) is 26.3 Å². The van der Waals surface area contributed by atoms with Gasteiger partial charge in [0.1, 0.15) is 6.04 Å². The van der Waals surface area contributed by atoms with E-state index in [1.165, 1.54) is 6.92 Å². The van der Waals surface area contributed by atoms with Gasteiger partial charge in [0.05, 0.1) is 23.3 Å². The fraction of sp³-hybridized carbons (Fsp3) is 0.227. The monoisotopic (exact) mass is 388 g/mol. The van der Waals surface area contributed by atoms with E-state index >= 15 is 0 Å². The third-order valence-electron chi connectivity index (χ3n) is 5.25. The van der Waals surface area contributed by atoms with Crippen LogP contribution >= 0.6 is 0 Å². The number of carbonyl (C=O) groups is 1. The Hall–Kier alpha value is -3.61. The zero-order valence-corrected chi connectivity index (χ0v) is 16.2. The molecule has 0 bridgehead atoms. The molecule has 146 valence electrons. The summed E-state index contributed by atoms with van der Waals surface area (Å²) in [7, 11) is 0. The Kier molecular flexibility index (Phi) is 4.08. The Morgan fingerprint density at radius 2 is 1.90 bits per heavy atom. The molecule has 2 aliphatic rings. The van der Waals surface area contributed by atoms with Crippen LogP contribution in [0.25, 0.3) is 5.69 Å². The summed E-state index contributed by atoms with van der Waals surface area (Å²) in [5.74, 6) is 1.32. The van der Waals surface area contributed by atoms with E-state index in [1.807, 2.05) is 66.3 Å². The molecule has 3 heterocycles. The average Bonchev–Trinajstić information content (AvgIpc) is 3.45. The molecule has 0 saturated carbocycles. The molecule has 0 N–H and O–H groups in total. The molecular formula is C22H20N4O3. The van der Waals surface area contributed by atoms with E-state index in [9.17, 15) is 4.79 Å². The van der Waals surface area contributed by atoms with Crippen molar-refractivity contribution < 1.29 is 14.3 Å². The Bertz CT molecular complexity index is 1120. The summed E-state index contributed by atoms with van der Waals surface area (Å²) in [4.78, 5) is 12.4. The predicted octanol–water partition coefficient (Wildman–Crippen LogP) is 3.61. The van der Waals surface area contributed by atoms with Crippen molar-refractivity contribution in [1.29, 1.82) is 0 Å². The van der Waals surface area contributed by atoms with Crippen molar-refractivity contribution in [3.05, 3.63) is 71.5 Å². The highest BCUT2D eigenvalue weighted by atomic mass is 16.7. The standard InChI is InChI=1S/C22H20N4O3/c1-14-12-23-26(17-6-4-3-5-7-17)22(14)19-11-18(24-25(19)15(2)27)16-8-9-20-21(10-16)29-13-28-20/h3-10,12,19H,11,13H2,1-2H3/t19-/m1/s1. The fourth-order valence-electron chi connectivity index (χ4n) is 3.88. The van der Waals surface area contributed by atoms with Crippen LogP contribution in [0.15, 0.2) is 59.8 Å². The van der Waals surface area contributed by atoms with Crippen LogP contribution in [0.2, 0.25) is 0 Å². The van der Waals surface area contributed by atoms with Crippen LogP contribution in [0, 0.1) is 6.92 Å². The lowest BCUT2D eigenvalue weighted by Crippen LogP contribution is -2.26. The number of hydrazone groups is 1. The van der Waals surface area contributed by atoms with E-state index in [1.54, 1.807) is 5.01 Å². The van der Waals surface area contributed by atoms with Crippen molar-refractivity contribution in [3.8, 4) is 17.2 Å². The lowest BCUT2D eigenvalue weighted by atomic mass is 9.99. The van der Waals surface area contributed by atoms with Crippen LogP contribution in [0.4, 0.5) is 0 Å². The number of para-hydroxylation sites is 1. The topological polar surface area (TPSA) is 69.0 Å². The van der Waals surface area contributed by atoms with Gasteiger partial charge in [-0.05, 0) is 42.8 Å². The predicted molar refractivity (Wildman–Crippen MR) is 107 cm³/mol. The number of aromatic nitrogens is 2. The van der Waals surface area contributed by atoms with Gasteiger partial charge in [0.15, 0.2) is 11.5 Å². The molecule has 0 spiro atoms. The van der Waals surface area contributed by atoms with E-state index in [0.717, 1.165) is 34.0 Å². The molecule has 0 fully saturated rings. The van der Waals surface area contributed by atoms with Crippen LogP contribution in [0.1, 0.15) is 36.2 Å². The number of nitrogens with zero attached hydrogens (tertiary/aromatic N) is 4. The summed E-state index contributed by atoms with van der Waals surface area (Å²) in [6.07, 6.45) is 2.43. The molecule has 3 aromatic rings. The first kappa shape index (κ1) is 17.5. The van der Waals surface area contributed by atoms with Gasteiger partial charge in [0.25, 0.3) is 0 Å². The first-order valence-corrected chi connectivity index (χ1v) is 9.49. The molecule has 2 aromatic carbocycles. The molecule has 0 radical (unpaired) electrons.